The van der Waals surface area contributed by atoms with Crippen LogP contribution in [0.5, 0.6) is 0 Å². The number of hydrogen-bond donors (Lipinski definition) is 2. The first-order chi connectivity index (χ1) is 9.65. The van der Waals surface area contributed by atoms with Crippen molar-refractivity contribution in [1.29, 1.82) is 0 Å². The zero-order valence-corrected chi connectivity index (χ0v) is 11.5. The summed E-state index contributed by atoms with van der Waals surface area (Å²) in [4.78, 5) is 13.9. The molecule has 2 heterocycles. The maximum Gasteiger partial charge on any atom is 0.312 e. The number of carbonyl (C=O) groups is 1. The molecule has 0 radical (unpaired) electrons. The first-order valence-electron chi connectivity index (χ1n) is 7.36. The molecule has 20 heavy (non-hydrogen) atoms. The summed E-state index contributed by atoms with van der Waals surface area (Å²) in [7, 11) is 0. The molecular formula is C16H21NO3. The first kappa shape index (κ1) is 13.6. The fourth-order valence-corrected chi connectivity index (χ4v) is 3.77. The molecule has 2 aliphatic rings. The Morgan fingerprint density at radius 1 is 1.20 bits per heavy atom. The molecule has 3 rings (SSSR count). The smallest absolute Gasteiger partial charge is 0.312 e. The van der Waals surface area contributed by atoms with Crippen LogP contribution in [0.2, 0.25) is 0 Å². The van der Waals surface area contributed by atoms with Crippen LogP contribution in [-0.4, -0.2) is 45.8 Å². The average molecular weight is 275 g/mol. The maximum absolute atomic E-state index is 11.6. The number of aliphatic hydroxyl groups excluding tert-OH is 1. The Hall–Kier alpha value is -1.39. The van der Waals surface area contributed by atoms with E-state index >= 15 is 0 Å². The van der Waals surface area contributed by atoms with E-state index in [-0.39, 0.29) is 6.10 Å². The summed E-state index contributed by atoms with van der Waals surface area (Å²) < 4.78 is 0. The van der Waals surface area contributed by atoms with Crippen LogP contribution in [0.1, 0.15) is 37.2 Å². The van der Waals surface area contributed by atoms with Crippen LogP contribution in [0.15, 0.2) is 30.3 Å². The van der Waals surface area contributed by atoms with Gasteiger partial charge in [-0.2, -0.15) is 0 Å². The number of benzene rings is 1. The summed E-state index contributed by atoms with van der Waals surface area (Å²) in [6, 6.07) is 10.2. The second kappa shape index (κ2) is 5.54. The van der Waals surface area contributed by atoms with Gasteiger partial charge in [-0.1, -0.05) is 30.3 Å². The van der Waals surface area contributed by atoms with Crippen molar-refractivity contribution in [2.45, 2.75) is 49.8 Å². The summed E-state index contributed by atoms with van der Waals surface area (Å²) in [5.74, 6) is -1.24. The second-order valence-corrected chi connectivity index (χ2v) is 6.01. The van der Waals surface area contributed by atoms with Gasteiger partial charge in [0.05, 0.1) is 12.0 Å². The Labute approximate surface area is 119 Å². The minimum atomic E-state index is -0.762. The van der Waals surface area contributed by atoms with Gasteiger partial charge in [0.1, 0.15) is 0 Å². The van der Waals surface area contributed by atoms with E-state index in [0.29, 0.717) is 18.6 Å². The van der Waals surface area contributed by atoms with E-state index in [2.05, 4.69) is 4.90 Å². The van der Waals surface area contributed by atoms with Gasteiger partial charge < -0.3 is 10.2 Å². The van der Waals surface area contributed by atoms with E-state index in [1.165, 1.54) is 0 Å². The zero-order valence-electron chi connectivity index (χ0n) is 11.5. The fourth-order valence-electron chi connectivity index (χ4n) is 3.77. The van der Waals surface area contributed by atoms with Crippen molar-refractivity contribution < 1.29 is 15.0 Å². The Bertz CT molecular complexity index is 462. The molecule has 4 heteroatoms. The van der Waals surface area contributed by atoms with E-state index in [1.54, 1.807) is 0 Å². The van der Waals surface area contributed by atoms with Crippen molar-refractivity contribution in [3.8, 4) is 0 Å². The molecule has 2 aliphatic heterocycles. The lowest BCUT2D eigenvalue weighted by atomic mass is 9.94. The molecule has 3 atom stereocenters. The van der Waals surface area contributed by atoms with Gasteiger partial charge in [0.25, 0.3) is 0 Å². The van der Waals surface area contributed by atoms with Gasteiger partial charge in [-0.3, -0.25) is 9.69 Å². The van der Waals surface area contributed by atoms with Crippen molar-refractivity contribution in [1.82, 2.24) is 4.90 Å². The third-order valence-electron chi connectivity index (χ3n) is 4.75. The number of nitrogens with zero attached hydrogens (tertiary/aromatic N) is 1. The summed E-state index contributed by atoms with van der Waals surface area (Å²) in [5.41, 5.74) is 0.866. The predicted molar refractivity (Wildman–Crippen MR) is 75.6 cm³/mol. The molecule has 0 amide bonds. The van der Waals surface area contributed by atoms with Gasteiger partial charge >= 0.3 is 5.97 Å². The van der Waals surface area contributed by atoms with Crippen LogP contribution < -0.4 is 0 Å². The second-order valence-electron chi connectivity index (χ2n) is 6.01. The molecule has 0 spiro atoms. The van der Waals surface area contributed by atoms with Gasteiger partial charge in [0.2, 0.25) is 0 Å². The third kappa shape index (κ3) is 2.58. The number of fused-ring (bicyclic) bond motifs is 2. The lowest BCUT2D eigenvalue weighted by Gasteiger charge is -2.38. The summed E-state index contributed by atoms with van der Waals surface area (Å²) in [6.07, 6.45) is 3.55. The van der Waals surface area contributed by atoms with Crippen molar-refractivity contribution in [3.63, 3.8) is 0 Å². The monoisotopic (exact) mass is 275 g/mol. The number of piperidine rings is 1. The molecule has 2 bridgehead atoms. The molecule has 4 nitrogen and oxygen atoms in total. The number of aliphatic hydroxyl groups is 1. The maximum atomic E-state index is 11.6. The molecule has 2 saturated heterocycles. The number of hydrogen-bond acceptors (Lipinski definition) is 3. The van der Waals surface area contributed by atoms with Gasteiger partial charge in [-0.25, -0.2) is 0 Å². The normalized spacial score (nSPS) is 31.1. The molecule has 3 unspecified atom stereocenters. The SMILES string of the molecule is O=C(O)C(CN1C2CCC1CC(O)C2)c1ccccc1. The van der Waals surface area contributed by atoms with Gasteiger partial charge in [0, 0.05) is 18.6 Å². The number of aliphatic carboxylic acids is 1. The number of rotatable bonds is 4. The van der Waals surface area contributed by atoms with Crippen LogP contribution in [0.4, 0.5) is 0 Å². The molecular weight excluding hydrogens is 254 g/mol. The van der Waals surface area contributed by atoms with Crippen molar-refractivity contribution in [3.05, 3.63) is 35.9 Å². The van der Waals surface area contributed by atoms with Crippen LogP contribution in [0, 0.1) is 0 Å². The van der Waals surface area contributed by atoms with Crippen molar-refractivity contribution in [2.24, 2.45) is 0 Å². The Morgan fingerprint density at radius 2 is 1.80 bits per heavy atom. The van der Waals surface area contributed by atoms with Crippen LogP contribution in [-0.2, 0) is 4.79 Å². The van der Waals surface area contributed by atoms with Crippen LogP contribution in [0.25, 0.3) is 0 Å². The molecule has 0 aliphatic carbocycles. The highest BCUT2D eigenvalue weighted by atomic mass is 16.4. The molecule has 1 aromatic carbocycles. The van der Waals surface area contributed by atoms with E-state index < -0.39 is 11.9 Å². The highest BCUT2D eigenvalue weighted by molar-refractivity contribution is 5.76. The lowest BCUT2D eigenvalue weighted by molar-refractivity contribution is -0.139. The standard InChI is InChI=1S/C16H21NO3/c18-14-8-12-6-7-13(9-14)17(12)10-15(16(19)20)11-4-2-1-3-5-11/h1-5,12-15,18H,6-10H2,(H,19,20). The summed E-state index contributed by atoms with van der Waals surface area (Å²) in [6.45, 7) is 0.557. The quantitative estimate of drug-likeness (QED) is 0.880. The van der Waals surface area contributed by atoms with E-state index in [4.69, 9.17) is 0 Å². The molecule has 108 valence electrons. The number of carboxylic acid groups (broad SMARTS) is 1. The summed E-state index contributed by atoms with van der Waals surface area (Å²) in [5, 5.41) is 19.4. The predicted octanol–water partition coefficient (Wildman–Crippen LogP) is 1.84. The largest absolute Gasteiger partial charge is 0.481 e. The Morgan fingerprint density at radius 3 is 2.35 bits per heavy atom. The minimum absolute atomic E-state index is 0.205. The third-order valence-corrected chi connectivity index (χ3v) is 4.75. The van der Waals surface area contributed by atoms with Crippen LogP contribution >= 0.6 is 0 Å². The van der Waals surface area contributed by atoms with Crippen LogP contribution in [0.3, 0.4) is 0 Å². The topological polar surface area (TPSA) is 60.8 Å². The molecule has 1 aromatic rings. The number of carboxylic acids is 1. The molecule has 0 saturated carbocycles. The van der Waals surface area contributed by atoms with Crippen molar-refractivity contribution >= 4 is 5.97 Å². The van der Waals surface area contributed by atoms with Gasteiger partial charge in [-0.15, -0.1) is 0 Å². The molecule has 2 N–H and O–H groups in total. The fraction of sp³-hybridized carbons (Fsp3) is 0.562. The van der Waals surface area contributed by atoms with Crippen molar-refractivity contribution in [2.75, 3.05) is 6.54 Å². The van der Waals surface area contributed by atoms with E-state index in [0.717, 1.165) is 31.2 Å². The van der Waals surface area contributed by atoms with Gasteiger partial charge in [-0.05, 0) is 31.2 Å². The lowest BCUT2D eigenvalue weighted by Crippen LogP contribution is -2.47. The molecule has 0 aromatic heterocycles. The summed E-state index contributed by atoms with van der Waals surface area (Å²) >= 11 is 0. The Balaban J connectivity index is 1.77. The average Bonchev–Trinajstić information content (AvgIpc) is 2.67. The van der Waals surface area contributed by atoms with E-state index in [9.17, 15) is 15.0 Å². The van der Waals surface area contributed by atoms with Gasteiger partial charge in [0.15, 0.2) is 0 Å². The minimum Gasteiger partial charge on any atom is -0.481 e. The van der Waals surface area contributed by atoms with E-state index in [1.807, 2.05) is 30.3 Å². The highest BCUT2D eigenvalue weighted by Gasteiger charge is 2.41. The first-order valence-corrected chi connectivity index (χ1v) is 7.36. The Kier molecular flexibility index (Phi) is 3.76. The zero-order chi connectivity index (χ0) is 14.1. The highest BCUT2D eigenvalue weighted by Crippen LogP contribution is 2.37. The molecule has 2 fully saturated rings.